The van der Waals surface area contributed by atoms with Crippen molar-refractivity contribution in [2.75, 3.05) is 54.4 Å². The van der Waals surface area contributed by atoms with E-state index in [-0.39, 0.29) is 19.5 Å². The van der Waals surface area contributed by atoms with Crippen LogP contribution in [0.3, 0.4) is 0 Å². The maximum absolute atomic E-state index is 3.74. The van der Waals surface area contributed by atoms with Crippen LogP contribution in [0.1, 0.15) is 27.7 Å². The average Bonchev–Trinajstić information content (AvgIpc) is 2.39. The van der Waals surface area contributed by atoms with E-state index >= 15 is 0 Å². The molecule has 0 aromatic carbocycles. The molecule has 0 aliphatic carbocycles. The maximum Gasteiger partial charge on any atom is 4.00 e. The first-order valence-corrected chi connectivity index (χ1v) is 5.88. The van der Waals surface area contributed by atoms with Crippen molar-refractivity contribution in [1.82, 2.24) is 0 Å². The molecule has 0 N–H and O–H groups in total. The van der Waals surface area contributed by atoms with E-state index in [1.807, 2.05) is 27.7 Å². The van der Waals surface area contributed by atoms with Gasteiger partial charge in [-0.05, 0) is 0 Å². The Labute approximate surface area is 123 Å². The normalized spacial score (nSPS) is 7.06. The maximum atomic E-state index is 3.74. The summed E-state index contributed by atoms with van der Waals surface area (Å²) in [6.45, 7) is 11.8. The Balaban J connectivity index is -0.0000000369. The fourth-order valence-electron chi connectivity index (χ4n) is 0. The van der Waals surface area contributed by atoms with Gasteiger partial charge in [-0.1, -0.05) is 27.7 Å². The second-order valence-corrected chi connectivity index (χ2v) is 2.53. The molecule has 0 saturated heterocycles. The van der Waals surface area contributed by atoms with Crippen LogP contribution in [-0.2, 0) is 19.5 Å². The number of hydrogen-bond acceptors (Lipinski definition) is 0. The summed E-state index contributed by atoms with van der Waals surface area (Å²) in [5, 5.41) is 14.9. The topological polar surface area (TPSA) is 56.4 Å². The third-order valence-corrected chi connectivity index (χ3v) is 1.26. The van der Waals surface area contributed by atoms with Crippen molar-refractivity contribution in [3.05, 3.63) is 21.3 Å². The summed E-state index contributed by atoms with van der Waals surface area (Å²) >= 11 is 0. The second kappa shape index (κ2) is 55.0. The molecule has 0 saturated carbocycles. The molecule has 0 aliphatic heterocycles. The number of nitrogens with zero attached hydrogens (tertiary/aromatic N) is 4. The van der Waals surface area contributed by atoms with Crippen molar-refractivity contribution in [3.63, 3.8) is 0 Å². The van der Waals surface area contributed by atoms with Crippen LogP contribution in [0.5, 0.6) is 0 Å². The van der Waals surface area contributed by atoms with Crippen LogP contribution in [0, 0.1) is 0 Å². The molecule has 0 atom stereocenters. The Morgan fingerprint density at radius 2 is 0.529 bits per heavy atom. The van der Waals surface area contributed by atoms with Crippen LogP contribution in [0.25, 0.3) is 21.3 Å². The molecule has 108 valence electrons. The summed E-state index contributed by atoms with van der Waals surface area (Å²) in [5.74, 6) is 0. The zero-order chi connectivity index (χ0) is 13.7. The van der Waals surface area contributed by atoms with Gasteiger partial charge in [-0.25, -0.2) is 0 Å². The molecule has 0 spiro atoms. The Morgan fingerprint density at radius 3 is 0.529 bits per heavy atom. The summed E-state index contributed by atoms with van der Waals surface area (Å²) in [6, 6.07) is 0. The minimum atomic E-state index is 0. The first kappa shape index (κ1) is 30.5. The van der Waals surface area contributed by atoms with E-state index in [1.54, 1.807) is 28.2 Å². The van der Waals surface area contributed by atoms with Gasteiger partial charge in [-0.15, -0.1) is 0 Å². The third-order valence-electron chi connectivity index (χ3n) is 1.26. The quantitative estimate of drug-likeness (QED) is 0.697. The fraction of sp³-hybridized carbons (Fsp3) is 1.00. The smallest absolute Gasteiger partial charge is 0.665 e. The first-order chi connectivity index (χ1) is 7.66. The number of rotatable bonds is 4. The minimum absolute atomic E-state index is 0. The van der Waals surface area contributed by atoms with Crippen molar-refractivity contribution in [2.45, 2.75) is 27.7 Å². The molecule has 17 heavy (non-hydrogen) atoms. The average molecular weight is 333 g/mol. The van der Waals surface area contributed by atoms with Gasteiger partial charge in [0.1, 0.15) is 0 Å². The Hall–Kier alpha value is 0.463. The van der Waals surface area contributed by atoms with E-state index in [9.17, 15) is 0 Å². The van der Waals surface area contributed by atoms with Crippen LogP contribution in [0.15, 0.2) is 0 Å². The van der Waals surface area contributed by atoms with Gasteiger partial charge in [0.15, 0.2) is 0 Å². The van der Waals surface area contributed by atoms with Gasteiger partial charge in [0.25, 0.3) is 0 Å². The van der Waals surface area contributed by atoms with E-state index in [1.165, 1.54) is 0 Å². The Bertz CT molecular complexity index is 42.5. The zero-order valence-electron chi connectivity index (χ0n) is 13.0. The van der Waals surface area contributed by atoms with Crippen LogP contribution in [0.4, 0.5) is 0 Å². The molecule has 0 aliphatic rings. The summed E-state index contributed by atoms with van der Waals surface area (Å²) < 4.78 is 0. The van der Waals surface area contributed by atoms with E-state index in [4.69, 9.17) is 0 Å². The van der Waals surface area contributed by atoms with E-state index in [0.29, 0.717) is 0 Å². The molecular weight excluding hydrogens is 301 g/mol. The standard InChI is InChI=1S/4C3H8N.Ru/c4*1-3-4-2;/h4*3H2,1-2H3;/q4*-1;+4. The van der Waals surface area contributed by atoms with Crippen LogP contribution >= 0.6 is 0 Å². The van der Waals surface area contributed by atoms with Crippen LogP contribution in [0.2, 0.25) is 0 Å². The summed E-state index contributed by atoms with van der Waals surface area (Å²) in [4.78, 5) is 0. The molecule has 5 heteroatoms. The van der Waals surface area contributed by atoms with Crippen molar-refractivity contribution in [1.29, 1.82) is 0 Å². The molecule has 0 unspecified atom stereocenters. The largest absolute Gasteiger partial charge is 4.00 e. The SMILES string of the molecule is CC[N-]C.CC[N-]C.CC[N-]C.CC[N-]C.[Ru+4]. The van der Waals surface area contributed by atoms with Crippen molar-refractivity contribution < 1.29 is 19.5 Å². The van der Waals surface area contributed by atoms with Crippen molar-refractivity contribution in [2.24, 2.45) is 0 Å². The molecule has 0 radical (unpaired) electrons. The predicted octanol–water partition coefficient (Wildman–Crippen LogP) is 4.04. The molecule has 0 aromatic rings. The molecule has 0 fully saturated rings. The monoisotopic (exact) mass is 334 g/mol. The Kier molecular flexibility index (Phi) is 98.5. The van der Waals surface area contributed by atoms with Gasteiger partial charge in [0.05, 0.1) is 0 Å². The van der Waals surface area contributed by atoms with E-state index < -0.39 is 0 Å². The van der Waals surface area contributed by atoms with Crippen LogP contribution in [-0.4, -0.2) is 54.4 Å². The summed E-state index contributed by atoms with van der Waals surface area (Å²) in [5.41, 5.74) is 0. The fourth-order valence-corrected chi connectivity index (χ4v) is 0. The first-order valence-electron chi connectivity index (χ1n) is 5.88. The van der Waals surface area contributed by atoms with Gasteiger partial charge in [0.2, 0.25) is 0 Å². The molecule has 0 bridgehead atoms. The van der Waals surface area contributed by atoms with Gasteiger partial charge in [-0.3, -0.25) is 0 Å². The Morgan fingerprint density at radius 1 is 0.471 bits per heavy atom. The zero-order valence-corrected chi connectivity index (χ0v) is 14.7. The third kappa shape index (κ3) is 173. The van der Waals surface area contributed by atoms with Crippen molar-refractivity contribution in [3.8, 4) is 0 Å². The van der Waals surface area contributed by atoms with Gasteiger partial charge in [-0.2, -0.15) is 54.4 Å². The molecule has 4 nitrogen and oxygen atoms in total. The second-order valence-electron chi connectivity index (χ2n) is 2.53. The van der Waals surface area contributed by atoms with Gasteiger partial charge >= 0.3 is 19.5 Å². The molecule has 0 amide bonds. The molecule has 0 rings (SSSR count). The molecule has 0 aromatic heterocycles. The van der Waals surface area contributed by atoms with E-state index in [2.05, 4.69) is 21.3 Å². The molecular formula is C12H32N4Ru. The van der Waals surface area contributed by atoms with Crippen molar-refractivity contribution >= 4 is 0 Å². The minimum Gasteiger partial charge on any atom is -0.665 e. The summed E-state index contributed by atoms with van der Waals surface area (Å²) in [6.07, 6.45) is 0. The van der Waals surface area contributed by atoms with Crippen LogP contribution < -0.4 is 0 Å². The van der Waals surface area contributed by atoms with E-state index in [0.717, 1.165) is 26.2 Å². The number of hydrogen-bond donors (Lipinski definition) is 0. The van der Waals surface area contributed by atoms with Gasteiger partial charge in [0, 0.05) is 0 Å². The summed E-state index contributed by atoms with van der Waals surface area (Å²) in [7, 11) is 7.22. The predicted molar refractivity (Wildman–Crippen MR) is 79.3 cm³/mol. The van der Waals surface area contributed by atoms with Gasteiger partial charge < -0.3 is 21.3 Å². The molecule has 0 heterocycles.